The Labute approximate surface area is 126 Å². The molecule has 0 saturated carbocycles. The molecule has 0 aromatic heterocycles. The molecule has 0 saturated heterocycles. The highest BCUT2D eigenvalue weighted by Crippen LogP contribution is 2.17. The van der Waals surface area contributed by atoms with E-state index in [-0.39, 0.29) is 17.6 Å². The third kappa shape index (κ3) is 4.45. The van der Waals surface area contributed by atoms with Crippen LogP contribution in [0, 0.1) is 23.0 Å². The second kappa shape index (κ2) is 6.83. The van der Waals surface area contributed by atoms with E-state index in [0.717, 1.165) is 4.43 Å². The Kier molecular flexibility index (Phi) is 5.71. The number of benzene rings is 1. The van der Waals surface area contributed by atoms with Gasteiger partial charge in [0.05, 0.1) is 4.92 Å². The predicted molar refractivity (Wildman–Crippen MR) is 82.8 cm³/mol. The molecule has 0 aliphatic heterocycles. The van der Waals surface area contributed by atoms with Crippen LogP contribution in [0.25, 0.3) is 0 Å². The lowest BCUT2D eigenvalue weighted by Gasteiger charge is -2.20. The average Bonchev–Trinajstić information content (AvgIpc) is 2.34. The molecule has 0 aliphatic carbocycles. The van der Waals surface area contributed by atoms with Gasteiger partial charge in [-0.15, -0.1) is 0 Å². The first-order valence-electron chi connectivity index (χ1n) is 5.98. The van der Waals surface area contributed by atoms with Crippen LogP contribution in [-0.2, 0) is 0 Å². The van der Waals surface area contributed by atoms with Gasteiger partial charge in [0.1, 0.15) is 0 Å². The molecule has 1 amide bonds. The third-order valence-corrected chi connectivity index (χ3v) is 3.77. The zero-order chi connectivity index (χ0) is 14.6. The number of rotatable bonds is 5. The molecule has 1 unspecified atom stereocenters. The topological polar surface area (TPSA) is 72.2 Å². The smallest absolute Gasteiger partial charge is 0.270 e. The number of aryl methyl sites for hydroxylation is 1. The van der Waals surface area contributed by atoms with Crippen molar-refractivity contribution in [2.24, 2.45) is 5.92 Å². The van der Waals surface area contributed by atoms with Crippen LogP contribution in [0.5, 0.6) is 0 Å². The molecule has 104 valence electrons. The van der Waals surface area contributed by atoms with Crippen molar-refractivity contribution in [1.82, 2.24) is 5.32 Å². The number of amides is 1. The number of carbonyl (C=O) groups is 1. The van der Waals surface area contributed by atoms with E-state index >= 15 is 0 Å². The zero-order valence-corrected chi connectivity index (χ0v) is 13.3. The lowest BCUT2D eigenvalue weighted by molar-refractivity contribution is -0.384. The minimum Gasteiger partial charge on any atom is -0.348 e. The van der Waals surface area contributed by atoms with Gasteiger partial charge < -0.3 is 5.32 Å². The molecule has 6 heteroatoms. The van der Waals surface area contributed by atoms with Crippen LogP contribution in [0.1, 0.15) is 29.8 Å². The van der Waals surface area contributed by atoms with Crippen molar-refractivity contribution in [3.63, 3.8) is 0 Å². The van der Waals surface area contributed by atoms with Crippen molar-refractivity contribution < 1.29 is 9.72 Å². The molecule has 0 aliphatic rings. The normalized spacial score (nSPS) is 12.3. The van der Waals surface area contributed by atoms with Crippen LogP contribution in [0.2, 0.25) is 0 Å². The molecule has 1 atom stereocenters. The Morgan fingerprint density at radius 2 is 2.05 bits per heavy atom. The van der Waals surface area contributed by atoms with Gasteiger partial charge >= 0.3 is 0 Å². The van der Waals surface area contributed by atoms with E-state index in [1.807, 2.05) is 13.8 Å². The summed E-state index contributed by atoms with van der Waals surface area (Å²) in [5, 5.41) is 13.7. The van der Waals surface area contributed by atoms with E-state index in [9.17, 15) is 14.9 Å². The molecule has 0 fully saturated rings. The summed E-state index contributed by atoms with van der Waals surface area (Å²) in [5.41, 5.74) is 0.984. The monoisotopic (exact) mass is 376 g/mol. The predicted octanol–water partition coefficient (Wildman–Crippen LogP) is 3.09. The summed E-state index contributed by atoms with van der Waals surface area (Å²) in [6, 6.07) is 4.49. The van der Waals surface area contributed by atoms with Gasteiger partial charge in [-0.3, -0.25) is 14.9 Å². The quantitative estimate of drug-likeness (QED) is 0.372. The van der Waals surface area contributed by atoms with E-state index in [0.29, 0.717) is 17.0 Å². The Balaban J connectivity index is 2.96. The molecule has 0 radical (unpaired) electrons. The summed E-state index contributed by atoms with van der Waals surface area (Å²) in [7, 11) is 0. The molecule has 0 heterocycles. The van der Waals surface area contributed by atoms with E-state index in [4.69, 9.17) is 0 Å². The molecule has 1 N–H and O–H groups in total. The first-order chi connectivity index (χ1) is 8.85. The number of halogens is 1. The Hall–Kier alpha value is -1.18. The highest BCUT2D eigenvalue weighted by molar-refractivity contribution is 14.1. The number of nitrogens with one attached hydrogen (secondary N) is 1. The molecular weight excluding hydrogens is 359 g/mol. The number of nitrogens with zero attached hydrogens (tertiary/aromatic N) is 1. The van der Waals surface area contributed by atoms with Gasteiger partial charge in [-0.05, 0) is 24.5 Å². The van der Waals surface area contributed by atoms with E-state index in [2.05, 4.69) is 27.9 Å². The number of non-ortho nitro benzene ring substituents is 1. The molecule has 5 nitrogen and oxygen atoms in total. The SMILES string of the molecule is Cc1cc(C(=O)NC(CI)C(C)C)cc([N+](=O)[O-])c1. The minimum atomic E-state index is -0.484. The highest BCUT2D eigenvalue weighted by atomic mass is 127. The number of hydrogen-bond acceptors (Lipinski definition) is 3. The van der Waals surface area contributed by atoms with Crippen LogP contribution in [0.15, 0.2) is 18.2 Å². The van der Waals surface area contributed by atoms with Crippen molar-refractivity contribution in [2.45, 2.75) is 26.8 Å². The maximum atomic E-state index is 12.1. The van der Waals surface area contributed by atoms with Gasteiger partial charge in [-0.25, -0.2) is 0 Å². The minimum absolute atomic E-state index is 0.0549. The van der Waals surface area contributed by atoms with Crippen LogP contribution in [0.4, 0.5) is 5.69 Å². The second-order valence-electron chi connectivity index (χ2n) is 4.79. The van der Waals surface area contributed by atoms with Crippen LogP contribution >= 0.6 is 22.6 Å². The molecule has 1 aromatic carbocycles. The Morgan fingerprint density at radius 3 is 2.53 bits per heavy atom. The summed E-state index contributed by atoms with van der Waals surface area (Å²) in [4.78, 5) is 22.4. The lowest BCUT2D eigenvalue weighted by atomic mass is 10.0. The second-order valence-corrected chi connectivity index (χ2v) is 5.67. The van der Waals surface area contributed by atoms with Crippen molar-refractivity contribution in [3.05, 3.63) is 39.4 Å². The number of nitro groups is 1. The van der Waals surface area contributed by atoms with Gasteiger partial charge in [0, 0.05) is 28.2 Å². The summed E-state index contributed by atoms with van der Waals surface area (Å²) < 4.78 is 0.801. The maximum Gasteiger partial charge on any atom is 0.270 e. The van der Waals surface area contributed by atoms with Gasteiger partial charge in [-0.2, -0.15) is 0 Å². The maximum absolute atomic E-state index is 12.1. The molecule has 19 heavy (non-hydrogen) atoms. The van der Waals surface area contributed by atoms with Crippen LogP contribution in [0.3, 0.4) is 0 Å². The average molecular weight is 376 g/mol. The number of carbonyl (C=O) groups excluding carboxylic acids is 1. The summed E-state index contributed by atoms with van der Waals surface area (Å²) in [5.74, 6) is 0.0582. The van der Waals surface area contributed by atoms with Crippen molar-refractivity contribution in [2.75, 3.05) is 4.43 Å². The largest absolute Gasteiger partial charge is 0.348 e. The van der Waals surface area contributed by atoms with E-state index in [1.165, 1.54) is 12.1 Å². The van der Waals surface area contributed by atoms with Crippen molar-refractivity contribution in [1.29, 1.82) is 0 Å². The first kappa shape index (κ1) is 15.9. The lowest BCUT2D eigenvalue weighted by Crippen LogP contribution is -2.39. The third-order valence-electron chi connectivity index (χ3n) is 2.82. The summed E-state index contributed by atoms with van der Waals surface area (Å²) >= 11 is 2.22. The summed E-state index contributed by atoms with van der Waals surface area (Å²) in [6.45, 7) is 5.80. The fraction of sp³-hybridized carbons (Fsp3) is 0.462. The molecular formula is C13H17IN2O3. The standard InChI is InChI=1S/C13H17IN2O3/c1-8(2)12(7-14)15-13(17)10-4-9(3)5-11(6-10)16(18)19/h4-6,8,12H,7H2,1-3H3,(H,15,17). The van der Waals surface area contributed by atoms with Gasteiger partial charge in [-0.1, -0.05) is 36.4 Å². The van der Waals surface area contributed by atoms with Crippen LogP contribution in [-0.4, -0.2) is 21.3 Å². The Morgan fingerprint density at radius 1 is 1.42 bits per heavy atom. The molecule has 1 aromatic rings. The number of hydrogen-bond donors (Lipinski definition) is 1. The number of alkyl halides is 1. The fourth-order valence-electron chi connectivity index (χ4n) is 1.63. The van der Waals surface area contributed by atoms with Crippen LogP contribution < -0.4 is 5.32 Å². The molecule has 0 bridgehead atoms. The zero-order valence-electron chi connectivity index (χ0n) is 11.1. The Bertz CT molecular complexity index is 489. The van der Waals surface area contributed by atoms with Gasteiger partial charge in [0.15, 0.2) is 0 Å². The van der Waals surface area contributed by atoms with Crippen molar-refractivity contribution in [3.8, 4) is 0 Å². The van der Waals surface area contributed by atoms with Gasteiger partial charge in [0.2, 0.25) is 0 Å². The number of nitro benzene ring substituents is 1. The van der Waals surface area contributed by atoms with E-state index < -0.39 is 4.92 Å². The first-order valence-corrected chi connectivity index (χ1v) is 7.50. The molecule has 1 rings (SSSR count). The van der Waals surface area contributed by atoms with Gasteiger partial charge in [0.25, 0.3) is 11.6 Å². The van der Waals surface area contributed by atoms with Crippen molar-refractivity contribution >= 4 is 34.2 Å². The highest BCUT2D eigenvalue weighted by Gasteiger charge is 2.18. The van der Waals surface area contributed by atoms with E-state index in [1.54, 1.807) is 13.0 Å². The molecule has 0 spiro atoms. The fourth-order valence-corrected chi connectivity index (χ4v) is 2.87. The summed E-state index contributed by atoms with van der Waals surface area (Å²) in [6.07, 6.45) is 0.